The number of ether oxygens (including phenoxy) is 1. The first-order valence-corrected chi connectivity index (χ1v) is 6.10. The molecule has 2 aromatic rings. The molecule has 7 nitrogen and oxygen atoms in total. The molecule has 2 N–H and O–H groups in total. The van der Waals surface area contributed by atoms with Gasteiger partial charge in [0, 0.05) is 25.3 Å². The van der Waals surface area contributed by atoms with Crippen LogP contribution >= 0.6 is 0 Å². The van der Waals surface area contributed by atoms with E-state index in [0.29, 0.717) is 12.5 Å². The van der Waals surface area contributed by atoms with Crippen LogP contribution in [0.5, 0.6) is 5.75 Å². The lowest BCUT2D eigenvalue weighted by atomic mass is 10.2. The van der Waals surface area contributed by atoms with Gasteiger partial charge in [-0.2, -0.15) is 0 Å². The highest BCUT2D eigenvalue weighted by atomic mass is 16.5. The number of hydrogen-bond acceptors (Lipinski definition) is 6. The summed E-state index contributed by atoms with van der Waals surface area (Å²) in [4.78, 5) is 2.02. The van der Waals surface area contributed by atoms with E-state index in [9.17, 15) is 0 Å². The van der Waals surface area contributed by atoms with Crippen molar-refractivity contribution in [3.8, 4) is 5.75 Å². The van der Waals surface area contributed by atoms with Gasteiger partial charge in [0.2, 0.25) is 5.95 Å². The second kappa shape index (κ2) is 6.14. The van der Waals surface area contributed by atoms with Gasteiger partial charge < -0.3 is 15.4 Å². The Bertz CT molecular complexity index is 526. The number of nitrogens with zero attached hydrogens (tertiary/aromatic N) is 5. The predicted molar refractivity (Wildman–Crippen MR) is 72.5 cm³/mol. The summed E-state index contributed by atoms with van der Waals surface area (Å²) in [5.74, 6) is 1.48. The Hall–Kier alpha value is -2.15. The average Bonchev–Trinajstić information content (AvgIpc) is 2.86. The van der Waals surface area contributed by atoms with Crippen molar-refractivity contribution in [3.63, 3.8) is 0 Å². The second-order valence-electron chi connectivity index (χ2n) is 4.10. The van der Waals surface area contributed by atoms with Crippen LogP contribution in [0.15, 0.2) is 24.3 Å². The molecule has 0 aliphatic rings. The molecule has 0 bridgehead atoms. The minimum absolute atomic E-state index is 0.617. The fourth-order valence-corrected chi connectivity index (χ4v) is 1.83. The Morgan fingerprint density at radius 1 is 1.42 bits per heavy atom. The minimum atomic E-state index is 0.617. The van der Waals surface area contributed by atoms with Crippen molar-refractivity contribution in [1.82, 2.24) is 20.2 Å². The number of anilines is 2. The van der Waals surface area contributed by atoms with Crippen LogP contribution in [-0.4, -0.2) is 40.4 Å². The Morgan fingerprint density at radius 2 is 2.26 bits per heavy atom. The number of rotatable bonds is 6. The topological polar surface area (TPSA) is 82.1 Å². The molecule has 0 saturated heterocycles. The molecule has 0 amide bonds. The van der Waals surface area contributed by atoms with Gasteiger partial charge in [-0.25, -0.2) is 4.68 Å². The van der Waals surface area contributed by atoms with Gasteiger partial charge >= 0.3 is 0 Å². The zero-order chi connectivity index (χ0) is 13.7. The number of methoxy groups -OCH3 is 1. The van der Waals surface area contributed by atoms with Crippen LogP contribution in [0.1, 0.15) is 6.42 Å². The monoisotopic (exact) mass is 262 g/mol. The SMILES string of the molecule is COc1cccc(N(CCCN)c2nnnn2C)c1. The summed E-state index contributed by atoms with van der Waals surface area (Å²) in [7, 11) is 3.46. The Kier molecular flexibility index (Phi) is 4.30. The number of hydrogen-bond donors (Lipinski definition) is 1. The van der Waals surface area contributed by atoms with Gasteiger partial charge in [0.05, 0.1) is 7.11 Å². The van der Waals surface area contributed by atoms with E-state index in [1.807, 2.05) is 36.2 Å². The standard InChI is InChI=1S/C12H18N6O/c1-17-12(14-15-16-17)18(8-4-7-13)10-5-3-6-11(9-10)19-2/h3,5-6,9H,4,7-8,13H2,1-2H3. The van der Waals surface area contributed by atoms with Crippen molar-refractivity contribution < 1.29 is 4.74 Å². The molecule has 0 unspecified atom stereocenters. The number of tetrazole rings is 1. The lowest BCUT2D eigenvalue weighted by Crippen LogP contribution is -2.24. The normalized spacial score (nSPS) is 10.5. The third-order valence-electron chi connectivity index (χ3n) is 2.79. The molecule has 7 heteroatoms. The quantitative estimate of drug-likeness (QED) is 0.825. The van der Waals surface area contributed by atoms with E-state index in [-0.39, 0.29) is 0 Å². The minimum Gasteiger partial charge on any atom is -0.497 e. The van der Waals surface area contributed by atoms with Crippen molar-refractivity contribution in [1.29, 1.82) is 0 Å². The lowest BCUT2D eigenvalue weighted by Gasteiger charge is -2.22. The van der Waals surface area contributed by atoms with Crippen LogP contribution in [0.2, 0.25) is 0 Å². The number of aromatic nitrogens is 4. The predicted octanol–water partition coefficient (Wildman–Crippen LogP) is 0.706. The maximum atomic E-state index is 5.59. The Labute approximate surface area is 112 Å². The first kappa shape index (κ1) is 13.3. The zero-order valence-corrected chi connectivity index (χ0v) is 11.2. The molecule has 0 radical (unpaired) electrons. The Morgan fingerprint density at radius 3 is 2.89 bits per heavy atom. The highest BCUT2D eigenvalue weighted by molar-refractivity contribution is 5.59. The third kappa shape index (κ3) is 3.00. The van der Waals surface area contributed by atoms with Gasteiger partial charge in [-0.1, -0.05) is 11.2 Å². The van der Waals surface area contributed by atoms with Gasteiger partial charge in [-0.3, -0.25) is 0 Å². The maximum Gasteiger partial charge on any atom is 0.249 e. The summed E-state index contributed by atoms with van der Waals surface area (Å²) < 4.78 is 6.88. The van der Waals surface area contributed by atoms with E-state index < -0.39 is 0 Å². The van der Waals surface area contributed by atoms with Gasteiger partial charge in [0.15, 0.2) is 0 Å². The largest absolute Gasteiger partial charge is 0.497 e. The van der Waals surface area contributed by atoms with E-state index >= 15 is 0 Å². The van der Waals surface area contributed by atoms with E-state index in [2.05, 4.69) is 15.5 Å². The summed E-state index contributed by atoms with van der Waals surface area (Å²) in [6.45, 7) is 1.36. The second-order valence-corrected chi connectivity index (χ2v) is 4.10. The molecule has 1 aromatic carbocycles. The van der Waals surface area contributed by atoms with Crippen LogP contribution in [0.3, 0.4) is 0 Å². The van der Waals surface area contributed by atoms with Crippen molar-refractivity contribution in [3.05, 3.63) is 24.3 Å². The first-order valence-electron chi connectivity index (χ1n) is 6.10. The van der Waals surface area contributed by atoms with Gasteiger partial charge in [0.25, 0.3) is 0 Å². The van der Waals surface area contributed by atoms with Gasteiger partial charge in [-0.15, -0.1) is 0 Å². The molecule has 0 aliphatic carbocycles. The number of aryl methyl sites for hydroxylation is 1. The molecule has 0 saturated carbocycles. The molecule has 0 atom stereocenters. The van der Waals surface area contributed by atoms with Crippen LogP contribution in [0.25, 0.3) is 0 Å². The summed E-state index contributed by atoms with van der Waals surface area (Å²) in [6, 6.07) is 7.78. The molecule has 102 valence electrons. The molecule has 0 aliphatic heterocycles. The zero-order valence-electron chi connectivity index (χ0n) is 11.2. The molecule has 2 rings (SSSR count). The molecule has 1 heterocycles. The van der Waals surface area contributed by atoms with Crippen molar-refractivity contribution in [2.24, 2.45) is 12.8 Å². The van der Waals surface area contributed by atoms with Gasteiger partial charge in [0.1, 0.15) is 5.75 Å². The van der Waals surface area contributed by atoms with Crippen molar-refractivity contribution >= 4 is 11.6 Å². The summed E-state index contributed by atoms with van der Waals surface area (Å²) in [5, 5.41) is 11.6. The molecular weight excluding hydrogens is 244 g/mol. The first-order chi connectivity index (χ1) is 9.26. The van der Waals surface area contributed by atoms with Crippen LogP contribution in [-0.2, 0) is 7.05 Å². The fourth-order valence-electron chi connectivity index (χ4n) is 1.83. The van der Waals surface area contributed by atoms with Gasteiger partial charge in [-0.05, 0) is 35.5 Å². The number of nitrogens with two attached hydrogens (primary N) is 1. The smallest absolute Gasteiger partial charge is 0.249 e. The Balaban J connectivity index is 2.34. The molecule has 0 spiro atoms. The van der Waals surface area contributed by atoms with Crippen LogP contribution in [0, 0.1) is 0 Å². The molecule has 0 fully saturated rings. The van der Waals surface area contributed by atoms with E-state index in [4.69, 9.17) is 10.5 Å². The van der Waals surface area contributed by atoms with Crippen molar-refractivity contribution in [2.75, 3.05) is 25.1 Å². The fraction of sp³-hybridized carbons (Fsp3) is 0.417. The summed E-state index contributed by atoms with van der Waals surface area (Å²) >= 11 is 0. The highest BCUT2D eigenvalue weighted by Crippen LogP contribution is 2.26. The van der Waals surface area contributed by atoms with Crippen molar-refractivity contribution in [2.45, 2.75) is 6.42 Å². The van der Waals surface area contributed by atoms with E-state index in [0.717, 1.165) is 24.4 Å². The molecule has 1 aromatic heterocycles. The van der Waals surface area contributed by atoms with Crippen LogP contribution in [0.4, 0.5) is 11.6 Å². The summed E-state index contributed by atoms with van der Waals surface area (Å²) in [6.07, 6.45) is 0.851. The van der Waals surface area contributed by atoms with Crippen LogP contribution < -0.4 is 15.4 Å². The third-order valence-corrected chi connectivity index (χ3v) is 2.79. The highest BCUT2D eigenvalue weighted by Gasteiger charge is 2.15. The molecule has 19 heavy (non-hydrogen) atoms. The van der Waals surface area contributed by atoms with E-state index in [1.165, 1.54) is 0 Å². The lowest BCUT2D eigenvalue weighted by molar-refractivity contribution is 0.415. The summed E-state index contributed by atoms with van der Waals surface area (Å²) in [5.41, 5.74) is 6.57. The average molecular weight is 262 g/mol. The number of benzene rings is 1. The van der Waals surface area contributed by atoms with E-state index in [1.54, 1.807) is 11.8 Å². The molecular formula is C12H18N6O. The maximum absolute atomic E-state index is 5.59.